The third-order valence-electron chi connectivity index (χ3n) is 5.09. The van der Waals surface area contributed by atoms with Crippen molar-refractivity contribution in [3.63, 3.8) is 0 Å². The van der Waals surface area contributed by atoms with Gasteiger partial charge in [-0.3, -0.25) is 4.79 Å². The van der Waals surface area contributed by atoms with Crippen LogP contribution in [-0.4, -0.2) is 65.6 Å². The standard InChI is InChI=1S/C21H30N6O2/c1-6-29-18-9-7-8-16(24-18)12-22-17-10-11-27(13-17)20-14(2)15(3)23-19(25-20)21(28)26(4)5/h7-9,17,22H,6,10-13H2,1-5H3/t17-/m1/s1. The number of carbonyl (C=O) groups excluding carboxylic acids is 1. The molecule has 0 radical (unpaired) electrons. The van der Waals surface area contributed by atoms with Gasteiger partial charge in [0, 0.05) is 57.1 Å². The topological polar surface area (TPSA) is 83.5 Å². The number of nitrogens with zero attached hydrogens (tertiary/aromatic N) is 5. The Hall–Kier alpha value is -2.74. The monoisotopic (exact) mass is 398 g/mol. The van der Waals surface area contributed by atoms with Crippen LogP contribution in [0.2, 0.25) is 0 Å². The highest BCUT2D eigenvalue weighted by Crippen LogP contribution is 2.24. The highest BCUT2D eigenvalue weighted by molar-refractivity contribution is 5.90. The fourth-order valence-electron chi connectivity index (χ4n) is 3.37. The van der Waals surface area contributed by atoms with Crippen LogP contribution in [0.15, 0.2) is 18.2 Å². The first-order chi connectivity index (χ1) is 13.9. The predicted octanol–water partition coefficient (Wildman–Crippen LogP) is 1.96. The van der Waals surface area contributed by atoms with E-state index in [1.807, 2.05) is 39.0 Å². The fourth-order valence-corrected chi connectivity index (χ4v) is 3.37. The first-order valence-electron chi connectivity index (χ1n) is 10.0. The van der Waals surface area contributed by atoms with Crippen molar-refractivity contribution in [2.45, 2.75) is 39.8 Å². The van der Waals surface area contributed by atoms with E-state index in [9.17, 15) is 4.79 Å². The average Bonchev–Trinajstić information content (AvgIpc) is 3.17. The van der Waals surface area contributed by atoms with Gasteiger partial charge in [0.2, 0.25) is 11.7 Å². The number of ether oxygens (including phenoxy) is 1. The summed E-state index contributed by atoms with van der Waals surface area (Å²) in [7, 11) is 3.43. The summed E-state index contributed by atoms with van der Waals surface area (Å²) >= 11 is 0. The van der Waals surface area contributed by atoms with E-state index >= 15 is 0 Å². The lowest BCUT2D eigenvalue weighted by Crippen LogP contribution is -2.33. The first kappa shape index (κ1) is 21.0. The molecule has 0 aliphatic carbocycles. The minimum Gasteiger partial charge on any atom is -0.478 e. The molecule has 8 heteroatoms. The van der Waals surface area contributed by atoms with Gasteiger partial charge in [0.1, 0.15) is 5.82 Å². The molecule has 2 aromatic heterocycles. The predicted molar refractivity (Wildman–Crippen MR) is 112 cm³/mol. The summed E-state index contributed by atoms with van der Waals surface area (Å²) in [4.78, 5) is 29.5. The molecule has 29 heavy (non-hydrogen) atoms. The van der Waals surface area contributed by atoms with Gasteiger partial charge in [-0.05, 0) is 33.3 Å². The number of pyridine rings is 1. The maximum Gasteiger partial charge on any atom is 0.291 e. The van der Waals surface area contributed by atoms with Crippen LogP contribution in [0, 0.1) is 13.8 Å². The van der Waals surface area contributed by atoms with Crippen molar-refractivity contribution < 1.29 is 9.53 Å². The number of carbonyl (C=O) groups is 1. The molecular weight excluding hydrogens is 368 g/mol. The summed E-state index contributed by atoms with van der Waals surface area (Å²) < 4.78 is 5.47. The first-order valence-corrected chi connectivity index (χ1v) is 10.0. The Bertz CT molecular complexity index is 870. The zero-order valence-corrected chi connectivity index (χ0v) is 17.9. The second kappa shape index (κ2) is 9.17. The lowest BCUT2D eigenvalue weighted by Gasteiger charge is -2.22. The molecule has 3 rings (SSSR count). The van der Waals surface area contributed by atoms with Crippen LogP contribution >= 0.6 is 0 Å². The molecule has 1 N–H and O–H groups in total. The van der Waals surface area contributed by atoms with E-state index in [1.165, 1.54) is 4.90 Å². The molecule has 156 valence electrons. The minimum atomic E-state index is -0.177. The van der Waals surface area contributed by atoms with Gasteiger partial charge in [0.25, 0.3) is 5.91 Å². The second-order valence-corrected chi connectivity index (χ2v) is 7.49. The molecule has 2 aromatic rings. The van der Waals surface area contributed by atoms with Crippen LogP contribution in [-0.2, 0) is 6.54 Å². The van der Waals surface area contributed by atoms with E-state index in [0.717, 1.165) is 42.3 Å². The molecule has 8 nitrogen and oxygen atoms in total. The summed E-state index contributed by atoms with van der Waals surface area (Å²) in [6.45, 7) is 8.90. The Balaban J connectivity index is 1.66. The molecular formula is C21H30N6O2. The zero-order valence-electron chi connectivity index (χ0n) is 17.9. The van der Waals surface area contributed by atoms with E-state index in [4.69, 9.17) is 4.74 Å². The van der Waals surface area contributed by atoms with Gasteiger partial charge in [-0.2, -0.15) is 0 Å². The van der Waals surface area contributed by atoms with Gasteiger partial charge in [-0.15, -0.1) is 0 Å². The molecule has 0 spiro atoms. The minimum absolute atomic E-state index is 0.177. The van der Waals surface area contributed by atoms with Crippen molar-refractivity contribution in [2.75, 3.05) is 38.7 Å². The maximum absolute atomic E-state index is 12.3. The molecule has 0 saturated carbocycles. The number of aromatic nitrogens is 3. The average molecular weight is 399 g/mol. The van der Waals surface area contributed by atoms with Crippen LogP contribution in [0.5, 0.6) is 5.88 Å². The SMILES string of the molecule is CCOc1cccc(CN[C@@H]2CCN(c3nc(C(=O)N(C)C)nc(C)c3C)C2)n1. The van der Waals surface area contributed by atoms with Crippen LogP contribution in [0.1, 0.15) is 40.9 Å². The van der Waals surface area contributed by atoms with Crippen molar-refractivity contribution in [3.8, 4) is 5.88 Å². The molecule has 1 aliphatic rings. The highest BCUT2D eigenvalue weighted by Gasteiger charge is 2.26. The Kier molecular flexibility index (Phi) is 6.64. The summed E-state index contributed by atoms with van der Waals surface area (Å²) in [5.41, 5.74) is 2.82. The zero-order chi connectivity index (χ0) is 21.0. The molecule has 1 saturated heterocycles. The largest absolute Gasteiger partial charge is 0.478 e. The Morgan fingerprint density at radius 2 is 2.07 bits per heavy atom. The van der Waals surface area contributed by atoms with Gasteiger partial charge in [-0.25, -0.2) is 15.0 Å². The fraction of sp³-hybridized carbons (Fsp3) is 0.524. The van der Waals surface area contributed by atoms with Crippen molar-refractivity contribution in [2.24, 2.45) is 0 Å². The smallest absolute Gasteiger partial charge is 0.291 e. The molecule has 3 heterocycles. The number of rotatable bonds is 7. The van der Waals surface area contributed by atoms with Gasteiger partial charge >= 0.3 is 0 Å². The molecule has 1 aliphatic heterocycles. The van der Waals surface area contributed by atoms with Gasteiger partial charge in [0.15, 0.2) is 0 Å². The lowest BCUT2D eigenvalue weighted by atomic mass is 10.2. The van der Waals surface area contributed by atoms with E-state index in [0.29, 0.717) is 25.1 Å². The van der Waals surface area contributed by atoms with Gasteiger partial charge in [0.05, 0.1) is 12.3 Å². The van der Waals surface area contributed by atoms with Crippen LogP contribution in [0.4, 0.5) is 5.82 Å². The second-order valence-electron chi connectivity index (χ2n) is 7.49. The molecule has 1 atom stereocenters. The highest BCUT2D eigenvalue weighted by atomic mass is 16.5. The van der Waals surface area contributed by atoms with Crippen molar-refractivity contribution in [1.29, 1.82) is 0 Å². The summed E-state index contributed by atoms with van der Waals surface area (Å²) in [6.07, 6.45) is 1.00. The maximum atomic E-state index is 12.3. The Morgan fingerprint density at radius 1 is 1.28 bits per heavy atom. The van der Waals surface area contributed by atoms with Crippen molar-refractivity contribution >= 4 is 11.7 Å². The molecule has 0 aromatic carbocycles. The molecule has 0 unspecified atom stereocenters. The van der Waals surface area contributed by atoms with Gasteiger partial charge in [-0.1, -0.05) is 6.07 Å². The third kappa shape index (κ3) is 5.00. The Labute approximate surface area is 172 Å². The summed E-state index contributed by atoms with van der Waals surface area (Å²) in [6, 6.07) is 6.16. The van der Waals surface area contributed by atoms with E-state index in [-0.39, 0.29) is 11.7 Å². The lowest BCUT2D eigenvalue weighted by molar-refractivity contribution is 0.0815. The normalized spacial score (nSPS) is 16.2. The van der Waals surface area contributed by atoms with E-state index < -0.39 is 0 Å². The van der Waals surface area contributed by atoms with Crippen molar-refractivity contribution in [1.82, 2.24) is 25.2 Å². The van der Waals surface area contributed by atoms with Crippen LogP contribution < -0.4 is 15.0 Å². The summed E-state index contributed by atoms with van der Waals surface area (Å²) in [5.74, 6) is 1.58. The number of hydrogen-bond donors (Lipinski definition) is 1. The van der Waals surface area contributed by atoms with Crippen LogP contribution in [0.25, 0.3) is 0 Å². The third-order valence-corrected chi connectivity index (χ3v) is 5.09. The molecule has 0 bridgehead atoms. The molecule has 1 amide bonds. The number of hydrogen-bond acceptors (Lipinski definition) is 7. The number of aryl methyl sites for hydroxylation is 1. The van der Waals surface area contributed by atoms with E-state index in [2.05, 4.69) is 25.2 Å². The summed E-state index contributed by atoms with van der Waals surface area (Å²) in [5, 5.41) is 3.58. The quantitative estimate of drug-likeness (QED) is 0.763. The molecule has 1 fully saturated rings. The van der Waals surface area contributed by atoms with Crippen LogP contribution in [0.3, 0.4) is 0 Å². The van der Waals surface area contributed by atoms with Gasteiger partial charge < -0.3 is 19.9 Å². The van der Waals surface area contributed by atoms with E-state index in [1.54, 1.807) is 14.1 Å². The van der Waals surface area contributed by atoms with Crippen molar-refractivity contribution in [3.05, 3.63) is 41.0 Å². The number of nitrogens with one attached hydrogen (secondary N) is 1. The number of amides is 1. The number of anilines is 1. The Morgan fingerprint density at radius 3 is 2.79 bits per heavy atom.